The minimum atomic E-state index is -5.40. The van der Waals surface area contributed by atoms with Crippen molar-refractivity contribution < 1.29 is 70.3 Å². The Kier molecular flexibility index (Phi) is 13.4. The fraction of sp³-hybridized carbons (Fsp3) is 0.419. The third-order valence-electron chi connectivity index (χ3n) is 12.1. The number of urea groups is 1. The van der Waals surface area contributed by atoms with Crippen LogP contribution in [0.1, 0.15) is 72.0 Å². The predicted molar refractivity (Wildman–Crippen MR) is 237 cm³/mol. The van der Waals surface area contributed by atoms with Gasteiger partial charge >= 0.3 is 18.4 Å². The number of hydrogen-bond donors (Lipinski definition) is 2. The molecule has 7 rings (SSSR count). The summed E-state index contributed by atoms with van der Waals surface area (Å²) in [5.41, 5.74) is 4.36. The van der Waals surface area contributed by atoms with Crippen LogP contribution in [0.5, 0.6) is 0 Å². The number of pyridine rings is 1. The SMILES string of the molecule is CN(CCN)C(=O)N(c1nn(CC(F)(F)F)c2c(-c3ccc(C#CC(C)(C)S(C)(=O)=O)nc3[C@@H](Cc3cc(F)cc(F)c3)C(C(N)=O)n3nc(C(F)(F)F)c4c3C(F)(F)[C@@H]3C[C@H]43)ccc(Cl)c12)S(C)(=O)=O. The molecule has 0 aliphatic heterocycles. The zero-order valence-electron chi connectivity index (χ0n) is 37.6. The molecule has 5 aromatic rings. The Morgan fingerprint density at radius 1 is 0.972 bits per heavy atom. The van der Waals surface area contributed by atoms with E-state index in [9.17, 15) is 61.5 Å². The van der Waals surface area contributed by atoms with Gasteiger partial charge in [0.25, 0.3) is 5.92 Å². The van der Waals surface area contributed by atoms with Crippen LogP contribution in [0.3, 0.4) is 0 Å². The summed E-state index contributed by atoms with van der Waals surface area (Å²) in [5.74, 6) is -9.28. The Morgan fingerprint density at radius 2 is 1.59 bits per heavy atom. The lowest BCUT2D eigenvalue weighted by Crippen LogP contribution is -2.46. The normalized spacial score (nSPS) is 17.5. The summed E-state index contributed by atoms with van der Waals surface area (Å²) >= 11 is 6.65. The molecule has 3 amide bonds. The Balaban J connectivity index is 1.64. The lowest BCUT2D eigenvalue weighted by molar-refractivity contribution is -0.143. The summed E-state index contributed by atoms with van der Waals surface area (Å²) in [4.78, 5) is 33.1. The number of nitrogens with two attached hydrogens (primary N) is 2. The van der Waals surface area contributed by atoms with Gasteiger partial charge in [-0.1, -0.05) is 23.6 Å². The van der Waals surface area contributed by atoms with E-state index in [0.717, 1.165) is 42.5 Å². The molecule has 0 saturated heterocycles. The molecule has 3 heterocycles. The summed E-state index contributed by atoms with van der Waals surface area (Å²) < 4.78 is 201. The highest BCUT2D eigenvalue weighted by atomic mass is 35.5. The van der Waals surface area contributed by atoms with Crippen molar-refractivity contribution in [3.8, 4) is 23.0 Å². The number of carbonyl (C=O) groups is 2. The molecule has 1 saturated carbocycles. The number of rotatable bonds is 13. The molecular weight excluding hydrogens is 1030 g/mol. The number of hydrogen-bond acceptors (Lipinski definition) is 10. The lowest BCUT2D eigenvalue weighted by atomic mass is 9.84. The first-order chi connectivity index (χ1) is 32.6. The number of sulfonamides is 1. The van der Waals surface area contributed by atoms with E-state index in [1.54, 1.807) is 0 Å². The van der Waals surface area contributed by atoms with Crippen LogP contribution >= 0.6 is 11.6 Å². The zero-order valence-corrected chi connectivity index (χ0v) is 40.0. The van der Waals surface area contributed by atoms with Crippen LogP contribution in [0, 0.1) is 29.4 Å². The van der Waals surface area contributed by atoms with E-state index in [1.807, 2.05) is 0 Å². The number of halogens is 11. The molecule has 0 radical (unpaired) electrons. The van der Waals surface area contributed by atoms with E-state index >= 15 is 8.78 Å². The minimum absolute atomic E-state index is 0.0561. The fourth-order valence-electron chi connectivity index (χ4n) is 8.56. The van der Waals surface area contributed by atoms with Crippen LogP contribution in [-0.4, -0.2) is 102 Å². The number of alkyl halides is 8. The summed E-state index contributed by atoms with van der Waals surface area (Å²) in [6.07, 6.45) is -10.5. The van der Waals surface area contributed by atoms with Gasteiger partial charge in [0.1, 0.15) is 40.4 Å². The van der Waals surface area contributed by atoms with Crippen LogP contribution in [0.2, 0.25) is 5.02 Å². The average molecular weight is 1070 g/mol. The van der Waals surface area contributed by atoms with Crippen molar-refractivity contribution in [3.63, 3.8) is 0 Å². The standard InChI is InChI=1S/C43H40ClF10N9O6S2/c1-40(2,70(4,66)67)11-10-23-6-7-24(25-8-9-29(44)31-33(25)61(19-41(47,48)49)59-38(31)63(71(5,68)69)39(65)60(3)13-12-55)32(57-23)27(16-20-14-21(45)17-22(46)15-20)34(37(56)64)62-36-30(35(58-62)43(52,53)54)26-18-28(26)42(36,50)51/h6-9,14-15,17,26-28,34H,12-13,16,18-19,55H2,1-5H3,(H2,56,64)/t26-,27+,28+,34?/m0/s1. The van der Waals surface area contributed by atoms with E-state index in [2.05, 4.69) is 27.0 Å². The number of anilines is 1. The molecule has 15 nitrogen and oxygen atoms in total. The van der Waals surface area contributed by atoms with Crippen molar-refractivity contribution >= 4 is 60.1 Å². The highest BCUT2D eigenvalue weighted by Crippen LogP contribution is 2.69. The van der Waals surface area contributed by atoms with Crippen LogP contribution < -0.4 is 15.8 Å². The van der Waals surface area contributed by atoms with Crippen molar-refractivity contribution in [1.82, 2.24) is 29.4 Å². The number of sulfone groups is 1. The Hall–Kier alpha value is -5.98. The second kappa shape index (κ2) is 17.9. The van der Waals surface area contributed by atoms with Gasteiger partial charge in [-0.15, -0.1) is 0 Å². The molecule has 382 valence electrons. The molecule has 2 aliphatic carbocycles. The number of nitrogens with zero attached hydrogens (tertiary/aromatic N) is 7. The molecule has 2 aliphatic rings. The van der Waals surface area contributed by atoms with Crippen molar-refractivity contribution in [3.05, 3.63) is 93.0 Å². The number of primary amides is 1. The molecule has 3 aromatic heterocycles. The predicted octanol–water partition coefficient (Wildman–Crippen LogP) is 7.02. The quantitative estimate of drug-likeness (QED) is 0.0910. The van der Waals surface area contributed by atoms with Gasteiger partial charge < -0.3 is 16.4 Å². The van der Waals surface area contributed by atoms with Crippen molar-refractivity contribution in [1.29, 1.82) is 0 Å². The number of amides is 3. The molecule has 2 aromatic carbocycles. The Morgan fingerprint density at radius 3 is 2.14 bits per heavy atom. The number of likely N-dealkylation sites (N-methyl/N-ethyl adjacent to an activating group) is 1. The van der Waals surface area contributed by atoms with Gasteiger partial charge in [-0.05, 0) is 74.4 Å². The second-order valence-electron chi connectivity index (χ2n) is 17.7. The van der Waals surface area contributed by atoms with Crippen LogP contribution in [0.25, 0.3) is 22.0 Å². The molecule has 28 heteroatoms. The second-order valence-corrected chi connectivity index (χ2v) is 22.5. The number of fused-ring (bicyclic) bond motifs is 4. The molecule has 1 fully saturated rings. The van der Waals surface area contributed by atoms with Crippen LogP contribution in [-0.2, 0) is 49.7 Å². The maximum atomic E-state index is 16.3. The van der Waals surface area contributed by atoms with Gasteiger partial charge in [-0.25, -0.2) is 40.1 Å². The number of carbonyl (C=O) groups excluding carboxylic acids is 2. The first kappa shape index (κ1) is 52.8. The molecule has 4 N–H and O–H groups in total. The van der Waals surface area contributed by atoms with E-state index in [-0.39, 0.29) is 33.2 Å². The number of benzene rings is 2. The van der Waals surface area contributed by atoms with Crippen LogP contribution in [0.15, 0.2) is 42.5 Å². The third-order valence-corrected chi connectivity index (χ3v) is 15.4. The van der Waals surface area contributed by atoms with Crippen molar-refractivity contribution in [2.45, 2.75) is 74.1 Å². The summed E-state index contributed by atoms with van der Waals surface area (Å²) in [7, 11) is -7.66. The maximum Gasteiger partial charge on any atom is 0.435 e. The Bertz CT molecular complexity index is 3290. The largest absolute Gasteiger partial charge is 0.435 e. The highest BCUT2D eigenvalue weighted by Gasteiger charge is 2.69. The monoisotopic (exact) mass is 1070 g/mol. The smallest absolute Gasteiger partial charge is 0.368 e. The van der Waals surface area contributed by atoms with Crippen LogP contribution in [0.4, 0.5) is 54.5 Å². The minimum Gasteiger partial charge on any atom is -0.368 e. The topological polar surface area (TPSA) is 209 Å². The molecular formula is C43H40ClF10N9O6S2. The van der Waals surface area contributed by atoms with Gasteiger partial charge in [0.05, 0.1) is 27.9 Å². The van der Waals surface area contributed by atoms with E-state index in [1.165, 1.54) is 13.8 Å². The summed E-state index contributed by atoms with van der Waals surface area (Å²) in [6, 6.07) is 2.20. The first-order valence-electron chi connectivity index (χ1n) is 20.9. The average Bonchev–Trinajstić information content (AvgIpc) is 3.72. The third kappa shape index (κ3) is 9.99. The van der Waals surface area contributed by atoms with E-state index < -0.39 is 170 Å². The fourth-order valence-corrected chi connectivity index (χ4v) is 9.90. The zero-order chi connectivity index (χ0) is 52.9. The van der Waals surface area contributed by atoms with Gasteiger partial charge in [0.2, 0.25) is 15.9 Å². The molecule has 0 spiro atoms. The van der Waals surface area contributed by atoms with Crippen molar-refractivity contribution in [2.24, 2.45) is 17.4 Å². The van der Waals surface area contributed by atoms with Crippen molar-refractivity contribution in [2.75, 3.05) is 37.0 Å². The highest BCUT2D eigenvalue weighted by molar-refractivity contribution is 7.93. The number of aromatic nitrogens is 5. The maximum absolute atomic E-state index is 16.3. The van der Waals surface area contributed by atoms with Gasteiger partial charge in [0, 0.05) is 61.0 Å². The summed E-state index contributed by atoms with van der Waals surface area (Å²) in [5, 5.41) is 6.31. The van der Waals surface area contributed by atoms with E-state index in [0.29, 0.717) is 24.5 Å². The molecule has 71 heavy (non-hydrogen) atoms. The molecule has 4 atom stereocenters. The molecule has 1 unspecified atom stereocenters. The van der Waals surface area contributed by atoms with Gasteiger partial charge in [0.15, 0.2) is 21.3 Å². The summed E-state index contributed by atoms with van der Waals surface area (Å²) in [6.45, 7) is -0.0905. The first-order valence-corrected chi connectivity index (χ1v) is 25.0. The van der Waals surface area contributed by atoms with Gasteiger partial charge in [-0.3, -0.25) is 9.48 Å². The lowest BCUT2D eigenvalue weighted by Gasteiger charge is -2.29. The van der Waals surface area contributed by atoms with E-state index in [4.69, 9.17) is 23.1 Å². The van der Waals surface area contributed by atoms with Gasteiger partial charge in [-0.2, -0.15) is 49.6 Å². The molecule has 0 bridgehead atoms. The Labute approximate surface area is 403 Å².